The van der Waals surface area contributed by atoms with Gasteiger partial charge in [0.25, 0.3) is 0 Å². The number of carbonyl (C=O) groups is 1. The van der Waals surface area contributed by atoms with Gasteiger partial charge in [-0.3, -0.25) is 4.79 Å². The number of fused-ring (bicyclic) bond motifs is 1. The highest BCUT2D eigenvalue weighted by atomic mass is 32.2. The monoisotopic (exact) mass is 418 g/mol. The van der Waals surface area contributed by atoms with Crippen LogP contribution in [-0.2, 0) is 0 Å². The van der Waals surface area contributed by atoms with Crippen molar-refractivity contribution in [2.45, 2.75) is 32.7 Å². The summed E-state index contributed by atoms with van der Waals surface area (Å²) in [6.07, 6.45) is 1.59. The lowest BCUT2D eigenvalue weighted by molar-refractivity contribution is 0.102. The van der Waals surface area contributed by atoms with Gasteiger partial charge in [-0.2, -0.15) is 0 Å². The van der Waals surface area contributed by atoms with E-state index in [9.17, 15) is 4.79 Å². The Balaban J connectivity index is 1.65. The topological polar surface area (TPSA) is 42.9 Å². The molecule has 146 valence electrons. The second-order valence-electron chi connectivity index (χ2n) is 7.32. The van der Waals surface area contributed by atoms with Gasteiger partial charge in [-0.15, -0.1) is 11.3 Å². The van der Waals surface area contributed by atoms with E-state index < -0.39 is 0 Å². The van der Waals surface area contributed by atoms with E-state index in [-0.39, 0.29) is 5.78 Å². The van der Waals surface area contributed by atoms with E-state index in [1.807, 2.05) is 25.1 Å². The predicted octanol–water partition coefficient (Wildman–Crippen LogP) is 6.57. The lowest BCUT2D eigenvalue weighted by Crippen LogP contribution is -2.03. The molecule has 0 N–H and O–H groups in total. The molecule has 2 aromatic heterocycles. The molecule has 0 atom stereocenters. The average Bonchev–Trinajstić information content (AvgIpc) is 3.15. The molecule has 0 aliphatic carbocycles. The minimum atomic E-state index is 0.118. The number of aromatic nitrogens is 2. The molecule has 0 spiro atoms. The van der Waals surface area contributed by atoms with Crippen LogP contribution >= 0.6 is 23.1 Å². The second-order valence-corrected chi connectivity index (χ2v) is 9.14. The Bertz CT molecular complexity index is 1230. The molecule has 2 aromatic carbocycles. The number of ketones is 1. The molecule has 0 amide bonds. The molecule has 4 rings (SSSR count). The van der Waals surface area contributed by atoms with Crippen molar-refractivity contribution in [1.82, 2.24) is 9.97 Å². The first-order valence-electron chi connectivity index (χ1n) is 9.47. The van der Waals surface area contributed by atoms with Crippen molar-refractivity contribution in [3.05, 3.63) is 75.9 Å². The summed E-state index contributed by atoms with van der Waals surface area (Å²) < 4.78 is 0. The van der Waals surface area contributed by atoms with Crippen LogP contribution in [-0.4, -0.2) is 21.5 Å². The maximum atomic E-state index is 12.7. The third-order valence-electron chi connectivity index (χ3n) is 5.32. The molecule has 3 nitrogen and oxygen atoms in total. The Morgan fingerprint density at radius 1 is 0.931 bits per heavy atom. The molecular formula is C24H22N2OS2. The zero-order chi connectivity index (χ0) is 20.5. The number of nitrogens with zero attached hydrogens (tertiary/aromatic N) is 2. The number of benzene rings is 2. The van der Waals surface area contributed by atoms with Crippen LogP contribution in [0.15, 0.2) is 53.1 Å². The first-order valence-corrected chi connectivity index (χ1v) is 11.3. The van der Waals surface area contributed by atoms with Crippen LogP contribution in [0.5, 0.6) is 0 Å². The number of carbonyl (C=O) groups excluding carboxylic acids is 1. The van der Waals surface area contributed by atoms with Gasteiger partial charge < -0.3 is 0 Å². The molecule has 0 fully saturated rings. The first kappa shape index (κ1) is 19.8. The van der Waals surface area contributed by atoms with Crippen LogP contribution in [0.2, 0.25) is 0 Å². The van der Waals surface area contributed by atoms with Crippen molar-refractivity contribution < 1.29 is 4.79 Å². The molecule has 4 aromatic rings. The molecule has 0 saturated heterocycles. The third-order valence-corrected chi connectivity index (χ3v) is 7.20. The number of Topliss-reactive ketones (excluding diaryl/α,β-unsaturated/α-hetero) is 1. The van der Waals surface area contributed by atoms with E-state index in [2.05, 4.69) is 54.3 Å². The Kier molecular flexibility index (Phi) is 5.52. The highest BCUT2D eigenvalue weighted by Crippen LogP contribution is 2.38. The zero-order valence-corrected chi connectivity index (χ0v) is 18.6. The van der Waals surface area contributed by atoms with Gasteiger partial charge >= 0.3 is 0 Å². The van der Waals surface area contributed by atoms with Crippen LogP contribution < -0.4 is 0 Å². The Morgan fingerprint density at radius 2 is 1.66 bits per heavy atom. The largest absolute Gasteiger partial charge is 0.293 e. The summed E-state index contributed by atoms with van der Waals surface area (Å²) in [4.78, 5) is 22.6. The quantitative estimate of drug-likeness (QED) is 0.209. The van der Waals surface area contributed by atoms with Gasteiger partial charge in [0.15, 0.2) is 5.78 Å². The molecule has 29 heavy (non-hydrogen) atoms. The Hall–Kier alpha value is -2.50. The van der Waals surface area contributed by atoms with Crippen LogP contribution in [0, 0.1) is 27.7 Å². The molecule has 0 aliphatic rings. The van der Waals surface area contributed by atoms with E-state index in [1.54, 1.807) is 17.7 Å². The van der Waals surface area contributed by atoms with Crippen LogP contribution in [0.1, 0.15) is 32.6 Å². The van der Waals surface area contributed by atoms with Gasteiger partial charge in [-0.25, -0.2) is 9.97 Å². The summed E-state index contributed by atoms with van der Waals surface area (Å²) in [5, 5.41) is 4.04. The van der Waals surface area contributed by atoms with Crippen molar-refractivity contribution >= 4 is 39.1 Å². The number of thiophene rings is 1. The van der Waals surface area contributed by atoms with E-state index >= 15 is 0 Å². The average molecular weight is 419 g/mol. The number of hydrogen-bond donors (Lipinski definition) is 0. The SMILES string of the molecule is Cc1ccc(C(=O)CSc2ncnc3scc(-c4ccc(C)c(C)c4)c23)cc1C. The molecule has 2 heterocycles. The van der Waals surface area contributed by atoms with E-state index in [4.69, 9.17) is 0 Å². The number of thioether (sulfide) groups is 1. The molecule has 0 aliphatic heterocycles. The van der Waals surface area contributed by atoms with Crippen molar-refractivity contribution in [1.29, 1.82) is 0 Å². The van der Waals surface area contributed by atoms with E-state index in [0.29, 0.717) is 5.75 Å². The summed E-state index contributed by atoms with van der Waals surface area (Å²) in [5.74, 6) is 0.476. The minimum Gasteiger partial charge on any atom is -0.293 e. The number of rotatable bonds is 5. The lowest BCUT2D eigenvalue weighted by Gasteiger charge is -2.08. The summed E-state index contributed by atoms with van der Waals surface area (Å²) in [6.45, 7) is 8.34. The fraction of sp³-hybridized carbons (Fsp3) is 0.208. The smallest absolute Gasteiger partial charge is 0.173 e. The lowest BCUT2D eigenvalue weighted by atomic mass is 10.0. The van der Waals surface area contributed by atoms with Crippen molar-refractivity contribution in [3.63, 3.8) is 0 Å². The van der Waals surface area contributed by atoms with Crippen LogP contribution in [0.25, 0.3) is 21.3 Å². The van der Waals surface area contributed by atoms with Crippen molar-refractivity contribution in [2.75, 3.05) is 5.75 Å². The second kappa shape index (κ2) is 8.09. The molecule has 0 saturated carbocycles. The first-order chi connectivity index (χ1) is 13.9. The van der Waals surface area contributed by atoms with E-state index in [0.717, 1.165) is 37.5 Å². The maximum Gasteiger partial charge on any atom is 0.173 e. The van der Waals surface area contributed by atoms with Gasteiger partial charge in [0.1, 0.15) is 16.2 Å². The van der Waals surface area contributed by atoms with E-state index in [1.165, 1.54) is 28.5 Å². The standard InChI is InChI=1S/C24H22N2OS2/c1-14-5-7-18(9-16(14)3)20-11-28-23-22(20)24(26-13-25-23)29-12-21(27)19-8-6-15(2)17(4)10-19/h5-11,13H,12H2,1-4H3. The highest BCUT2D eigenvalue weighted by Gasteiger charge is 2.16. The third kappa shape index (κ3) is 3.98. The highest BCUT2D eigenvalue weighted by molar-refractivity contribution is 8.00. The normalized spacial score (nSPS) is 11.2. The molecule has 0 radical (unpaired) electrons. The van der Waals surface area contributed by atoms with Crippen LogP contribution in [0.4, 0.5) is 0 Å². The predicted molar refractivity (Wildman–Crippen MR) is 123 cm³/mol. The molecule has 5 heteroatoms. The van der Waals surface area contributed by atoms with Gasteiger partial charge in [-0.05, 0) is 61.6 Å². The van der Waals surface area contributed by atoms with Gasteiger partial charge in [0.05, 0.1) is 11.1 Å². The fourth-order valence-electron chi connectivity index (χ4n) is 3.21. The summed E-state index contributed by atoms with van der Waals surface area (Å²) in [5.41, 5.74) is 7.93. The van der Waals surface area contributed by atoms with Gasteiger partial charge in [0, 0.05) is 16.5 Å². The van der Waals surface area contributed by atoms with Gasteiger partial charge in [0.2, 0.25) is 0 Å². The minimum absolute atomic E-state index is 0.118. The van der Waals surface area contributed by atoms with Crippen molar-refractivity contribution in [2.24, 2.45) is 0 Å². The van der Waals surface area contributed by atoms with Crippen molar-refractivity contribution in [3.8, 4) is 11.1 Å². The Morgan fingerprint density at radius 3 is 2.38 bits per heavy atom. The molecular weight excluding hydrogens is 396 g/mol. The number of hydrogen-bond acceptors (Lipinski definition) is 5. The molecule has 0 unspecified atom stereocenters. The summed E-state index contributed by atoms with van der Waals surface area (Å²) in [6, 6.07) is 12.4. The van der Waals surface area contributed by atoms with Gasteiger partial charge in [-0.1, -0.05) is 42.1 Å². The summed E-state index contributed by atoms with van der Waals surface area (Å²) >= 11 is 3.11. The maximum absolute atomic E-state index is 12.7. The van der Waals surface area contributed by atoms with Crippen LogP contribution in [0.3, 0.4) is 0 Å². The zero-order valence-electron chi connectivity index (χ0n) is 16.9. The fourth-order valence-corrected chi connectivity index (χ4v) is 5.10. The Labute approximate surface area is 179 Å². The summed E-state index contributed by atoms with van der Waals surface area (Å²) in [7, 11) is 0. The molecule has 0 bridgehead atoms. The number of aryl methyl sites for hydroxylation is 4.